The summed E-state index contributed by atoms with van der Waals surface area (Å²) in [4.78, 5) is 25.2. The smallest absolute Gasteiger partial charge is 0.308 e. The lowest BCUT2D eigenvalue weighted by atomic mass is 9.93. The zero-order valence-electron chi connectivity index (χ0n) is 21.1. The standard InChI is InChI=1S/C32H28N2O3S/c1-21-5-4-6-23(17-21)18-24-11-14-29-30(20-24)38-32(36)34(29)15-16-37-25-12-9-22(10-13-25)19-27-26-7-2-3-8-28(26)33-31(27)35/h2-14,17,20,27H,15-16,18-19H2,1H3,(H,33,35)/t27-/m1/s1. The molecule has 6 heteroatoms. The Bertz CT molecular complexity index is 1680. The number of para-hydroxylation sites is 1. The van der Waals surface area contributed by atoms with Gasteiger partial charge in [0.2, 0.25) is 5.91 Å². The number of hydrogen-bond donors (Lipinski definition) is 1. The highest BCUT2D eigenvalue weighted by atomic mass is 32.1. The molecule has 1 N–H and O–H groups in total. The van der Waals surface area contributed by atoms with Crippen LogP contribution >= 0.6 is 11.3 Å². The largest absolute Gasteiger partial charge is 0.492 e. The zero-order chi connectivity index (χ0) is 26.1. The van der Waals surface area contributed by atoms with Gasteiger partial charge < -0.3 is 10.1 Å². The maximum atomic E-state index is 12.7. The van der Waals surface area contributed by atoms with E-state index in [1.807, 2.05) is 54.6 Å². The molecule has 5 aromatic rings. The highest BCUT2D eigenvalue weighted by Crippen LogP contribution is 2.34. The second-order valence-electron chi connectivity index (χ2n) is 9.81. The lowest BCUT2D eigenvalue weighted by Gasteiger charge is -2.11. The van der Waals surface area contributed by atoms with E-state index in [1.54, 1.807) is 4.57 Å². The van der Waals surface area contributed by atoms with Gasteiger partial charge in [0, 0.05) is 5.69 Å². The molecule has 4 aromatic carbocycles. The van der Waals surface area contributed by atoms with Gasteiger partial charge in [-0.3, -0.25) is 14.2 Å². The molecule has 190 valence electrons. The molecule has 1 amide bonds. The summed E-state index contributed by atoms with van der Waals surface area (Å²) in [7, 11) is 0. The molecule has 38 heavy (non-hydrogen) atoms. The molecule has 0 unspecified atom stereocenters. The van der Waals surface area contributed by atoms with Crippen LogP contribution in [0.25, 0.3) is 10.2 Å². The number of carbonyl (C=O) groups is 1. The van der Waals surface area contributed by atoms with Crippen LogP contribution in [0.1, 0.15) is 33.7 Å². The number of aryl methyl sites for hydroxylation is 1. The number of thiazole rings is 1. The quantitative estimate of drug-likeness (QED) is 0.260. The fourth-order valence-corrected chi connectivity index (χ4v) is 6.16. The van der Waals surface area contributed by atoms with E-state index in [0.717, 1.165) is 39.2 Å². The normalized spacial score (nSPS) is 14.4. The number of rotatable bonds is 8. The first-order valence-corrected chi connectivity index (χ1v) is 13.6. The fourth-order valence-electron chi connectivity index (χ4n) is 5.18. The molecule has 2 heterocycles. The summed E-state index contributed by atoms with van der Waals surface area (Å²) in [5.74, 6) is 0.620. The molecule has 0 aliphatic carbocycles. The molecule has 0 fully saturated rings. The predicted molar refractivity (Wildman–Crippen MR) is 154 cm³/mol. The number of amides is 1. The first-order chi connectivity index (χ1) is 18.5. The summed E-state index contributed by atoms with van der Waals surface area (Å²) in [6.07, 6.45) is 1.49. The Labute approximate surface area is 225 Å². The zero-order valence-corrected chi connectivity index (χ0v) is 22.0. The first-order valence-electron chi connectivity index (χ1n) is 12.8. The van der Waals surface area contributed by atoms with Gasteiger partial charge in [-0.05, 0) is 72.4 Å². The monoisotopic (exact) mass is 520 g/mol. The van der Waals surface area contributed by atoms with Gasteiger partial charge in [0.1, 0.15) is 12.4 Å². The van der Waals surface area contributed by atoms with Crippen LogP contribution in [0.5, 0.6) is 5.75 Å². The van der Waals surface area contributed by atoms with Crippen molar-refractivity contribution in [2.75, 3.05) is 11.9 Å². The van der Waals surface area contributed by atoms with Crippen LogP contribution in [0.15, 0.2) is 95.8 Å². The molecule has 0 spiro atoms. The molecule has 0 radical (unpaired) electrons. The number of ether oxygens (including phenoxy) is 1. The van der Waals surface area contributed by atoms with E-state index >= 15 is 0 Å². The molecular weight excluding hydrogens is 492 g/mol. The van der Waals surface area contributed by atoms with Gasteiger partial charge in [-0.25, -0.2) is 0 Å². The van der Waals surface area contributed by atoms with Crippen molar-refractivity contribution in [3.05, 3.63) is 128 Å². The maximum Gasteiger partial charge on any atom is 0.308 e. The summed E-state index contributed by atoms with van der Waals surface area (Å²) in [5, 5.41) is 2.96. The number of carbonyl (C=O) groups excluding carboxylic acids is 1. The van der Waals surface area contributed by atoms with Crippen molar-refractivity contribution in [2.45, 2.75) is 32.2 Å². The number of benzene rings is 4. The van der Waals surface area contributed by atoms with E-state index in [9.17, 15) is 9.59 Å². The average molecular weight is 521 g/mol. The van der Waals surface area contributed by atoms with Crippen LogP contribution < -0.4 is 14.9 Å². The lowest BCUT2D eigenvalue weighted by Crippen LogP contribution is -2.17. The summed E-state index contributed by atoms with van der Waals surface area (Å²) in [6.45, 7) is 2.98. The lowest BCUT2D eigenvalue weighted by molar-refractivity contribution is -0.117. The van der Waals surface area contributed by atoms with Crippen molar-refractivity contribution in [1.82, 2.24) is 4.57 Å². The molecule has 0 saturated heterocycles. The third kappa shape index (κ3) is 5.00. The Morgan fingerprint density at radius 1 is 0.868 bits per heavy atom. The van der Waals surface area contributed by atoms with E-state index in [1.165, 1.54) is 28.0 Å². The number of nitrogens with one attached hydrogen (secondary N) is 1. The van der Waals surface area contributed by atoms with Crippen LogP contribution in [0.3, 0.4) is 0 Å². The fraction of sp³-hybridized carbons (Fsp3) is 0.188. The second-order valence-corrected chi connectivity index (χ2v) is 10.8. The van der Waals surface area contributed by atoms with Gasteiger partial charge in [0.15, 0.2) is 0 Å². The van der Waals surface area contributed by atoms with Crippen LogP contribution in [0.2, 0.25) is 0 Å². The van der Waals surface area contributed by atoms with Crippen molar-refractivity contribution in [2.24, 2.45) is 0 Å². The third-order valence-electron chi connectivity index (χ3n) is 7.08. The van der Waals surface area contributed by atoms with E-state index in [4.69, 9.17) is 4.74 Å². The van der Waals surface area contributed by atoms with E-state index in [0.29, 0.717) is 19.6 Å². The highest BCUT2D eigenvalue weighted by molar-refractivity contribution is 7.16. The van der Waals surface area contributed by atoms with Crippen LogP contribution in [0, 0.1) is 6.92 Å². The van der Waals surface area contributed by atoms with Crippen LogP contribution in [-0.2, 0) is 24.2 Å². The molecule has 0 bridgehead atoms. The van der Waals surface area contributed by atoms with Crippen molar-refractivity contribution in [3.8, 4) is 5.75 Å². The topological polar surface area (TPSA) is 60.3 Å². The van der Waals surface area contributed by atoms with Gasteiger partial charge in [0.05, 0.1) is 22.7 Å². The van der Waals surface area contributed by atoms with Crippen molar-refractivity contribution in [1.29, 1.82) is 0 Å². The summed E-state index contributed by atoms with van der Waals surface area (Å²) in [6, 6.07) is 30.5. The van der Waals surface area contributed by atoms with Gasteiger partial charge in [-0.1, -0.05) is 77.6 Å². The molecule has 1 aliphatic rings. The van der Waals surface area contributed by atoms with E-state index in [-0.39, 0.29) is 16.7 Å². The Hall–Kier alpha value is -4.16. The van der Waals surface area contributed by atoms with Crippen molar-refractivity contribution < 1.29 is 9.53 Å². The van der Waals surface area contributed by atoms with E-state index in [2.05, 4.69) is 48.6 Å². The van der Waals surface area contributed by atoms with Crippen molar-refractivity contribution in [3.63, 3.8) is 0 Å². The Morgan fingerprint density at radius 3 is 2.50 bits per heavy atom. The van der Waals surface area contributed by atoms with Crippen molar-refractivity contribution >= 4 is 33.1 Å². The summed E-state index contributed by atoms with van der Waals surface area (Å²) < 4.78 is 8.76. The SMILES string of the molecule is Cc1cccc(Cc2ccc3c(c2)sc(=O)n3CCOc2ccc(C[C@H]3C(=O)Nc4ccccc43)cc2)c1. The minimum Gasteiger partial charge on any atom is -0.492 e. The molecular formula is C32H28N2O3S. The number of hydrogen-bond acceptors (Lipinski definition) is 4. The average Bonchev–Trinajstić information content (AvgIpc) is 3.40. The number of nitrogens with zero attached hydrogens (tertiary/aromatic N) is 1. The Morgan fingerprint density at radius 2 is 1.66 bits per heavy atom. The molecule has 1 aliphatic heterocycles. The second kappa shape index (κ2) is 10.3. The number of aromatic nitrogens is 1. The Balaban J connectivity index is 1.08. The first kappa shape index (κ1) is 24.2. The predicted octanol–water partition coefficient (Wildman–Crippen LogP) is 6.32. The van der Waals surface area contributed by atoms with E-state index < -0.39 is 0 Å². The molecule has 0 saturated carbocycles. The maximum absolute atomic E-state index is 12.7. The third-order valence-corrected chi connectivity index (χ3v) is 8.02. The summed E-state index contributed by atoms with van der Waals surface area (Å²) in [5.41, 5.74) is 7.70. The van der Waals surface area contributed by atoms with Crippen LogP contribution in [-0.4, -0.2) is 17.1 Å². The number of fused-ring (bicyclic) bond motifs is 2. The minimum absolute atomic E-state index is 0.0294. The van der Waals surface area contributed by atoms with Gasteiger partial charge in [-0.15, -0.1) is 0 Å². The van der Waals surface area contributed by atoms with Gasteiger partial charge in [0.25, 0.3) is 0 Å². The minimum atomic E-state index is -0.172. The van der Waals surface area contributed by atoms with Gasteiger partial charge >= 0.3 is 4.87 Å². The summed E-state index contributed by atoms with van der Waals surface area (Å²) >= 11 is 1.28. The Kier molecular flexibility index (Phi) is 6.56. The molecule has 1 aromatic heterocycles. The van der Waals surface area contributed by atoms with Gasteiger partial charge in [-0.2, -0.15) is 0 Å². The number of anilines is 1. The molecule has 6 rings (SSSR count). The molecule has 5 nitrogen and oxygen atoms in total. The van der Waals surface area contributed by atoms with Crippen LogP contribution in [0.4, 0.5) is 5.69 Å². The highest BCUT2D eigenvalue weighted by Gasteiger charge is 2.30. The molecule has 1 atom stereocenters.